The third kappa shape index (κ3) is 5.71. The molecule has 1 aliphatic heterocycles. The lowest BCUT2D eigenvalue weighted by molar-refractivity contribution is 0.0248. The van der Waals surface area contributed by atoms with Crippen LogP contribution in [-0.4, -0.2) is 55.9 Å². The van der Waals surface area contributed by atoms with E-state index in [-0.39, 0.29) is 12.4 Å². The first-order valence-electron chi connectivity index (χ1n) is 14.7. The Kier molecular flexibility index (Phi) is 7.41. The van der Waals surface area contributed by atoms with Crippen LogP contribution in [0.1, 0.15) is 79.6 Å². The lowest BCUT2D eigenvalue weighted by Gasteiger charge is -2.23. The summed E-state index contributed by atoms with van der Waals surface area (Å²) < 4.78 is 21.2. The zero-order valence-electron chi connectivity index (χ0n) is 25.3. The summed E-state index contributed by atoms with van der Waals surface area (Å²) in [5.74, 6) is 0.302. The molecule has 1 aromatic carbocycles. The van der Waals surface area contributed by atoms with Gasteiger partial charge in [-0.2, -0.15) is 0 Å². The van der Waals surface area contributed by atoms with Gasteiger partial charge < -0.3 is 15.0 Å². The average Bonchev–Trinajstić information content (AvgIpc) is 3.67. The van der Waals surface area contributed by atoms with Crippen LogP contribution in [0, 0.1) is 5.82 Å². The first kappa shape index (κ1) is 28.8. The number of carbonyl (C=O) groups excluding carboxylic acids is 2. The number of imidazole rings is 1. The molecule has 1 N–H and O–H groups in total. The summed E-state index contributed by atoms with van der Waals surface area (Å²) in [6.07, 6.45) is 7.37. The summed E-state index contributed by atoms with van der Waals surface area (Å²) >= 11 is 0. The van der Waals surface area contributed by atoms with Crippen molar-refractivity contribution in [1.82, 2.24) is 24.2 Å². The van der Waals surface area contributed by atoms with E-state index in [4.69, 9.17) is 9.72 Å². The van der Waals surface area contributed by atoms with Gasteiger partial charge in [-0.15, -0.1) is 0 Å². The van der Waals surface area contributed by atoms with Crippen molar-refractivity contribution in [2.24, 2.45) is 0 Å². The van der Waals surface area contributed by atoms with Gasteiger partial charge in [-0.05, 0) is 83.0 Å². The molecule has 10 heteroatoms. The number of hydrogen-bond acceptors (Lipinski definition) is 7. The Morgan fingerprint density at radius 3 is 2.63 bits per heavy atom. The molecule has 1 saturated carbocycles. The van der Waals surface area contributed by atoms with Crippen molar-refractivity contribution in [3.05, 3.63) is 77.0 Å². The molecule has 4 heterocycles. The molecular formula is C33H37FN6O3. The second-order valence-electron chi connectivity index (χ2n) is 12.7. The van der Waals surface area contributed by atoms with Gasteiger partial charge in [-0.1, -0.05) is 25.0 Å². The fraction of sp³-hybridized carbons (Fsp3) is 0.394. The molecule has 2 aliphatic rings. The fourth-order valence-electron chi connectivity index (χ4n) is 6.14. The minimum absolute atomic E-state index is 0.0300. The highest BCUT2D eigenvalue weighted by atomic mass is 19.1. The predicted molar refractivity (Wildman–Crippen MR) is 163 cm³/mol. The summed E-state index contributed by atoms with van der Waals surface area (Å²) in [4.78, 5) is 39.7. The third-order valence-corrected chi connectivity index (χ3v) is 7.99. The molecule has 1 fully saturated rings. The minimum atomic E-state index is -0.768. The Balaban J connectivity index is 1.42. The topological polar surface area (TPSA) is 92.1 Å². The van der Waals surface area contributed by atoms with Crippen LogP contribution < -0.4 is 5.32 Å². The molecule has 1 aliphatic carbocycles. The normalized spacial score (nSPS) is 15.5. The molecule has 6 rings (SSSR count). The maximum atomic E-state index is 13.9. The quantitative estimate of drug-likeness (QED) is 0.264. The maximum absolute atomic E-state index is 13.9. The van der Waals surface area contributed by atoms with E-state index in [0.717, 1.165) is 16.2 Å². The molecular weight excluding hydrogens is 547 g/mol. The van der Waals surface area contributed by atoms with Crippen LogP contribution in [0.15, 0.2) is 48.8 Å². The van der Waals surface area contributed by atoms with Crippen molar-refractivity contribution in [3.8, 4) is 11.3 Å². The van der Waals surface area contributed by atoms with Crippen LogP contribution >= 0.6 is 0 Å². The fourth-order valence-corrected chi connectivity index (χ4v) is 6.14. The summed E-state index contributed by atoms with van der Waals surface area (Å²) in [7, 11) is 4.06. The number of fused-ring (bicyclic) bond motifs is 2. The minimum Gasteiger partial charge on any atom is -0.443 e. The van der Waals surface area contributed by atoms with Crippen molar-refractivity contribution in [2.45, 2.75) is 71.1 Å². The zero-order valence-corrected chi connectivity index (χ0v) is 25.3. The second-order valence-corrected chi connectivity index (χ2v) is 12.7. The van der Waals surface area contributed by atoms with Gasteiger partial charge in [-0.25, -0.2) is 24.1 Å². The smallest absolute Gasteiger partial charge is 0.417 e. The number of imide groups is 1. The Morgan fingerprint density at radius 2 is 1.91 bits per heavy atom. The highest BCUT2D eigenvalue weighted by Gasteiger charge is 2.39. The van der Waals surface area contributed by atoms with Crippen LogP contribution in [0.4, 0.5) is 20.7 Å². The molecule has 9 nitrogen and oxygen atoms in total. The molecule has 4 aromatic rings. The second kappa shape index (κ2) is 11.1. The van der Waals surface area contributed by atoms with E-state index in [0.29, 0.717) is 46.4 Å². The predicted octanol–water partition coefficient (Wildman–Crippen LogP) is 6.89. The number of amides is 2. The van der Waals surface area contributed by atoms with Gasteiger partial charge in [0.05, 0.1) is 35.4 Å². The number of halogens is 1. The van der Waals surface area contributed by atoms with Gasteiger partial charge in [0.2, 0.25) is 0 Å². The lowest BCUT2D eigenvalue weighted by Crippen LogP contribution is -2.37. The molecule has 43 heavy (non-hydrogen) atoms. The van der Waals surface area contributed by atoms with Crippen LogP contribution in [0.2, 0.25) is 0 Å². The van der Waals surface area contributed by atoms with Crippen molar-refractivity contribution in [2.75, 3.05) is 19.4 Å². The molecule has 0 spiro atoms. The van der Waals surface area contributed by atoms with Gasteiger partial charge in [-0.3, -0.25) is 9.20 Å². The highest BCUT2D eigenvalue weighted by molar-refractivity contribution is 6.11. The van der Waals surface area contributed by atoms with Crippen molar-refractivity contribution in [1.29, 1.82) is 0 Å². The third-order valence-electron chi connectivity index (χ3n) is 7.99. The Morgan fingerprint density at radius 1 is 1.14 bits per heavy atom. The number of rotatable bonds is 6. The monoisotopic (exact) mass is 584 g/mol. The SMILES string of the molecule is CN(C)Cc1nc(Nc2ccc(-c3cnc4cc(F)ccn34)c3c2C(=O)N(C(=O)OC(C)(C)C)C3)ccc1C1CCCC1. The summed E-state index contributed by atoms with van der Waals surface area (Å²) in [5.41, 5.74) is 4.96. The van der Waals surface area contributed by atoms with Crippen LogP contribution in [0.25, 0.3) is 16.9 Å². The van der Waals surface area contributed by atoms with E-state index in [1.807, 2.05) is 32.3 Å². The molecule has 0 saturated heterocycles. The number of nitrogens with one attached hydrogen (secondary N) is 1. The molecule has 0 unspecified atom stereocenters. The van der Waals surface area contributed by atoms with E-state index in [2.05, 4.69) is 21.3 Å². The number of carbonyl (C=O) groups is 2. The van der Waals surface area contributed by atoms with Crippen LogP contribution in [0.3, 0.4) is 0 Å². The zero-order chi connectivity index (χ0) is 30.5. The number of anilines is 2. The molecule has 2 amide bonds. The largest absolute Gasteiger partial charge is 0.443 e. The Hall–Kier alpha value is -4.31. The number of ether oxygens (including phenoxy) is 1. The van der Waals surface area contributed by atoms with Gasteiger partial charge in [0.15, 0.2) is 0 Å². The van der Waals surface area contributed by atoms with Gasteiger partial charge in [0, 0.05) is 24.4 Å². The maximum Gasteiger partial charge on any atom is 0.417 e. The van der Waals surface area contributed by atoms with Crippen LogP contribution in [-0.2, 0) is 17.8 Å². The summed E-state index contributed by atoms with van der Waals surface area (Å²) in [5, 5.41) is 3.39. The molecule has 3 aromatic heterocycles. The van der Waals surface area contributed by atoms with Crippen LogP contribution in [0.5, 0.6) is 0 Å². The Labute approximate surface area is 250 Å². The van der Waals surface area contributed by atoms with Crippen molar-refractivity contribution >= 4 is 29.2 Å². The van der Waals surface area contributed by atoms with E-state index >= 15 is 0 Å². The van der Waals surface area contributed by atoms with E-state index in [9.17, 15) is 14.0 Å². The number of nitrogens with zero attached hydrogens (tertiary/aromatic N) is 5. The summed E-state index contributed by atoms with van der Waals surface area (Å²) in [6, 6.07) is 10.6. The standard InChI is InChI=1S/C33H37FN6O3/c1-33(2,3)43-32(42)40-18-24-23(27-17-35-29-16-21(34)14-15-39(27)29)10-12-25(30(24)31(40)41)36-28-13-11-22(20-8-6-7-9-20)26(37-28)19-38(4)5/h10-17,20H,6-9,18-19H2,1-5H3,(H,36,37). The number of benzene rings is 1. The first-order chi connectivity index (χ1) is 20.5. The Bertz CT molecular complexity index is 1720. The van der Waals surface area contributed by atoms with Crippen molar-refractivity contribution < 1.29 is 18.7 Å². The van der Waals surface area contributed by atoms with E-state index < -0.39 is 17.6 Å². The van der Waals surface area contributed by atoms with Crippen molar-refractivity contribution in [3.63, 3.8) is 0 Å². The van der Waals surface area contributed by atoms with E-state index in [1.165, 1.54) is 43.4 Å². The molecule has 224 valence electrons. The van der Waals surface area contributed by atoms with E-state index in [1.54, 1.807) is 37.6 Å². The van der Waals surface area contributed by atoms with Gasteiger partial charge in [0.1, 0.15) is 22.9 Å². The number of aromatic nitrogens is 3. The summed E-state index contributed by atoms with van der Waals surface area (Å²) in [6.45, 7) is 6.03. The molecule has 0 bridgehead atoms. The molecule has 0 radical (unpaired) electrons. The number of pyridine rings is 2. The number of hydrogen-bond donors (Lipinski definition) is 1. The first-order valence-corrected chi connectivity index (χ1v) is 14.7. The average molecular weight is 585 g/mol. The van der Waals surface area contributed by atoms with Gasteiger partial charge >= 0.3 is 6.09 Å². The molecule has 0 atom stereocenters. The highest BCUT2D eigenvalue weighted by Crippen LogP contribution is 2.40. The lowest BCUT2D eigenvalue weighted by atomic mass is 9.95. The van der Waals surface area contributed by atoms with Gasteiger partial charge in [0.25, 0.3) is 5.91 Å².